The van der Waals surface area contributed by atoms with Gasteiger partial charge in [-0.25, -0.2) is 13.2 Å². The van der Waals surface area contributed by atoms with Crippen LogP contribution in [0, 0.1) is 24.4 Å². The summed E-state index contributed by atoms with van der Waals surface area (Å²) in [5, 5.41) is 0. The Labute approximate surface area is 123 Å². The van der Waals surface area contributed by atoms with Gasteiger partial charge < -0.3 is 4.74 Å². The maximum atomic E-state index is 13.8. The molecule has 0 saturated heterocycles. The predicted octanol–water partition coefficient (Wildman–Crippen LogP) is 4.91. The van der Waals surface area contributed by atoms with Gasteiger partial charge in [-0.2, -0.15) is 0 Å². The number of rotatable bonds is 3. The Morgan fingerprint density at radius 3 is 2.25 bits per heavy atom. The summed E-state index contributed by atoms with van der Waals surface area (Å²) >= 11 is 3.32. The molecule has 0 bridgehead atoms. The van der Waals surface area contributed by atoms with Gasteiger partial charge >= 0.3 is 0 Å². The average molecular weight is 345 g/mol. The number of benzene rings is 2. The number of hydrogen-bond acceptors (Lipinski definition) is 1. The third kappa shape index (κ3) is 2.82. The number of hydrogen-bond donors (Lipinski definition) is 0. The van der Waals surface area contributed by atoms with E-state index in [4.69, 9.17) is 4.74 Å². The highest BCUT2D eigenvalue weighted by Crippen LogP contribution is 2.38. The van der Waals surface area contributed by atoms with Gasteiger partial charge in [-0.3, -0.25) is 0 Å². The van der Waals surface area contributed by atoms with Crippen LogP contribution in [0.2, 0.25) is 0 Å². The van der Waals surface area contributed by atoms with Crippen molar-refractivity contribution in [2.45, 2.75) is 11.8 Å². The molecule has 0 radical (unpaired) electrons. The van der Waals surface area contributed by atoms with Crippen LogP contribution in [-0.2, 0) is 0 Å². The Morgan fingerprint density at radius 2 is 1.60 bits per heavy atom. The van der Waals surface area contributed by atoms with Crippen LogP contribution in [-0.4, -0.2) is 7.11 Å². The zero-order chi connectivity index (χ0) is 14.9. The number of alkyl halides is 1. The number of aryl methyl sites for hydroxylation is 1. The summed E-state index contributed by atoms with van der Waals surface area (Å²) in [6.45, 7) is 1.88. The van der Waals surface area contributed by atoms with Gasteiger partial charge in [-0.1, -0.05) is 33.6 Å². The molecule has 0 aromatic heterocycles. The van der Waals surface area contributed by atoms with Crippen LogP contribution in [0.5, 0.6) is 5.75 Å². The Hall–Kier alpha value is -1.49. The van der Waals surface area contributed by atoms with E-state index in [0.29, 0.717) is 17.4 Å². The highest BCUT2D eigenvalue weighted by molar-refractivity contribution is 9.09. The fourth-order valence-corrected chi connectivity index (χ4v) is 2.66. The lowest BCUT2D eigenvalue weighted by atomic mass is 10.0. The van der Waals surface area contributed by atoms with Crippen molar-refractivity contribution in [2.24, 2.45) is 0 Å². The second kappa shape index (κ2) is 5.87. The first kappa shape index (κ1) is 14.9. The molecule has 0 amide bonds. The molecule has 0 fully saturated rings. The minimum Gasteiger partial charge on any atom is -0.496 e. The Balaban J connectivity index is 2.54. The lowest BCUT2D eigenvalue weighted by Crippen LogP contribution is -2.02. The summed E-state index contributed by atoms with van der Waals surface area (Å²) in [4.78, 5) is -0.632. The minimum absolute atomic E-state index is 0.0211. The van der Waals surface area contributed by atoms with Crippen molar-refractivity contribution < 1.29 is 17.9 Å². The maximum Gasteiger partial charge on any atom is 0.161 e. The van der Waals surface area contributed by atoms with E-state index in [1.54, 1.807) is 12.1 Å². The van der Waals surface area contributed by atoms with Crippen LogP contribution in [0.1, 0.15) is 21.5 Å². The highest BCUT2D eigenvalue weighted by atomic mass is 79.9. The van der Waals surface area contributed by atoms with E-state index in [0.717, 1.165) is 11.6 Å². The van der Waals surface area contributed by atoms with E-state index in [1.807, 2.05) is 13.0 Å². The fourth-order valence-electron chi connectivity index (χ4n) is 1.95. The van der Waals surface area contributed by atoms with Crippen molar-refractivity contribution in [1.82, 2.24) is 0 Å². The number of halogens is 4. The summed E-state index contributed by atoms with van der Waals surface area (Å²) in [7, 11) is 1.50. The predicted molar refractivity (Wildman–Crippen MR) is 74.8 cm³/mol. The van der Waals surface area contributed by atoms with Gasteiger partial charge in [-0.15, -0.1) is 0 Å². The van der Waals surface area contributed by atoms with Gasteiger partial charge in [0, 0.05) is 17.2 Å². The molecule has 1 nitrogen and oxygen atoms in total. The zero-order valence-electron chi connectivity index (χ0n) is 10.9. The molecule has 0 aliphatic carbocycles. The van der Waals surface area contributed by atoms with Gasteiger partial charge in [-0.05, 0) is 19.1 Å². The van der Waals surface area contributed by atoms with Gasteiger partial charge in [0.2, 0.25) is 0 Å². The Bertz CT molecular complexity index is 643. The molecule has 0 heterocycles. The van der Waals surface area contributed by atoms with Gasteiger partial charge in [0.15, 0.2) is 11.6 Å². The molecule has 106 valence electrons. The van der Waals surface area contributed by atoms with Crippen LogP contribution in [0.3, 0.4) is 0 Å². The van der Waals surface area contributed by atoms with Crippen LogP contribution in [0.4, 0.5) is 13.2 Å². The maximum absolute atomic E-state index is 13.8. The van der Waals surface area contributed by atoms with Gasteiger partial charge in [0.25, 0.3) is 0 Å². The van der Waals surface area contributed by atoms with Crippen LogP contribution < -0.4 is 4.74 Å². The lowest BCUT2D eigenvalue weighted by molar-refractivity contribution is 0.410. The van der Waals surface area contributed by atoms with Crippen molar-refractivity contribution in [3.63, 3.8) is 0 Å². The third-order valence-corrected chi connectivity index (χ3v) is 3.96. The number of ether oxygens (including phenoxy) is 1. The fraction of sp³-hybridized carbons (Fsp3) is 0.200. The first-order chi connectivity index (χ1) is 9.43. The van der Waals surface area contributed by atoms with Crippen LogP contribution in [0.25, 0.3) is 0 Å². The van der Waals surface area contributed by atoms with Crippen molar-refractivity contribution >= 4 is 15.9 Å². The van der Waals surface area contributed by atoms with Crippen LogP contribution >= 0.6 is 15.9 Å². The lowest BCUT2D eigenvalue weighted by Gasteiger charge is -2.16. The molecular formula is C15H12BrF3O. The molecule has 1 atom stereocenters. The summed E-state index contributed by atoms with van der Waals surface area (Å²) in [6.07, 6.45) is 0. The van der Waals surface area contributed by atoms with Gasteiger partial charge in [0.05, 0.1) is 11.9 Å². The molecule has 2 aromatic carbocycles. The average Bonchev–Trinajstić information content (AvgIpc) is 2.42. The first-order valence-electron chi connectivity index (χ1n) is 5.87. The summed E-state index contributed by atoms with van der Waals surface area (Å²) in [5.74, 6) is -2.56. The topological polar surface area (TPSA) is 9.23 Å². The molecule has 2 aromatic rings. The van der Waals surface area contributed by atoms with E-state index in [-0.39, 0.29) is 5.56 Å². The third-order valence-electron chi connectivity index (χ3n) is 2.97. The monoisotopic (exact) mass is 344 g/mol. The molecule has 1 unspecified atom stereocenters. The van der Waals surface area contributed by atoms with Crippen molar-refractivity contribution in [2.75, 3.05) is 7.11 Å². The van der Waals surface area contributed by atoms with Gasteiger partial charge in [0.1, 0.15) is 11.6 Å². The van der Waals surface area contributed by atoms with Crippen molar-refractivity contribution in [3.8, 4) is 5.75 Å². The molecule has 5 heteroatoms. The SMILES string of the molecule is COc1ccc(C)cc1C(Br)c1cc(F)c(F)cc1F. The van der Waals surface area contributed by atoms with E-state index in [9.17, 15) is 13.2 Å². The summed E-state index contributed by atoms with van der Waals surface area (Å²) < 4.78 is 45.3. The molecule has 2 rings (SSSR count). The first-order valence-corrected chi connectivity index (χ1v) is 6.78. The molecule has 0 saturated carbocycles. The smallest absolute Gasteiger partial charge is 0.161 e. The summed E-state index contributed by atoms with van der Waals surface area (Å²) in [5.41, 5.74) is 1.62. The molecular weight excluding hydrogens is 333 g/mol. The molecule has 20 heavy (non-hydrogen) atoms. The van der Waals surface area contributed by atoms with E-state index < -0.39 is 22.3 Å². The minimum atomic E-state index is -1.21. The second-order valence-corrected chi connectivity index (χ2v) is 5.31. The summed E-state index contributed by atoms with van der Waals surface area (Å²) in [6, 6.07) is 6.80. The molecule has 0 aliphatic rings. The van der Waals surface area contributed by atoms with Crippen molar-refractivity contribution in [1.29, 1.82) is 0 Å². The Morgan fingerprint density at radius 1 is 0.950 bits per heavy atom. The standard InChI is InChI=1S/C15H12BrF3O/c1-8-3-4-14(20-2)10(5-8)15(16)9-6-12(18)13(19)7-11(9)17/h3-7,15H,1-2H3. The normalized spacial score (nSPS) is 12.3. The largest absolute Gasteiger partial charge is 0.496 e. The van der Waals surface area contributed by atoms with E-state index in [1.165, 1.54) is 7.11 Å². The molecule has 0 spiro atoms. The van der Waals surface area contributed by atoms with E-state index >= 15 is 0 Å². The van der Waals surface area contributed by atoms with Crippen LogP contribution in [0.15, 0.2) is 30.3 Å². The van der Waals surface area contributed by atoms with E-state index in [2.05, 4.69) is 15.9 Å². The highest BCUT2D eigenvalue weighted by Gasteiger charge is 2.21. The van der Waals surface area contributed by atoms with Crippen molar-refractivity contribution in [3.05, 3.63) is 64.5 Å². The zero-order valence-corrected chi connectivity index (χ0v) is 12.5. The number of methoxy groups -OCH3 is 1. The molecule has 0 N–H and O–H groups in total. The quantitative estimate of drug-likeness (QED) is 0.568. The second-order valence-electron chi connectivity index (χ2n) is 4.40. The Kier molecular flexibility index (Phi) is 4.38. The molecule has 0 aliphatic heterocycles.